The van der Waals surface area contributed by atoms with Crippen LogP contribution in [0.4, 0.5) is 0 Å². The quantitative estimate of drug-likeness (QED) is 0.817. The Morgan fingerprint density at radius 1 is 1.40 bits per heavy atom. The number of carbonyl (C=O) groups is 1. The van der Waals surface area contributed by atoms with Crippen LogP contribution >= 0.6 is 0 Å². The number of carbonyl (C=O) groups excluding carboxylic acids is 1. The minimum absolute atomic E-state index is 0.300. The van der Waals surface area contributed by atoms with Crippen molar-refractivity contribution in [3.63, 3.8) is 0 Å². The molecule has 2 rings (SSSR count). The lowest BCUT2D eigenvalue weighted by molar-refractivity contribution is 0.0994. The summed E-state index contributed by atoms with van der Waals surface area (Å²) in [4.78, 5) is 15.0. The van der Waals surface area contributed by atoms with E-state index in [1.165, 1.54) is 0 Å². The van der Waals surface area contributed by atoms with Gasteiger partial charge in [0.2, 0.25) is 0 Å². The van der Waals surface area contributed by atoms with Gasteiger partial charge < -0.3 is 10.2 Å². The van der Waals surface area contributed by atoms with Crippen LogP contribution in [0.5, 0.6) is 0 Å². The Hall–Kier alpha value is -2.10. The largest absolute Gasteiger partial charge is 0.469 e. The van der Waals surface area contributed by atoms with Crippen LogP contribution in [-0.2, 0) is 6.42 Å². The maximum Gasteiger partial charge on any atom is 0.267 e. The summed E-state index contributed by atoms with van der Waals surface area (Å²) < 4.78 is 5.19. The molecule has 2 aromatic rings. The molecule has 0 radical (unpaired) electrons. The van der Waals surface area contributed by atoms with Crippen molar-refractivity contribution >= 4 is 5.91 Å². The number of rotatable bonds is 3. The van der Waals surface area contributed by atoms with E-state index in [-0.39, 0.29) is 0 Å². The number of hydrogen-bond acceptors (Lipinski definition) is 3. The number of nitrogens with zero attached hydrogens (tertiary/aromatic N) is 1. The highest BCUT2D eigenvalue weighted by molar-refractivity contribution is 5.92. The van der Waals surface area contributed by atoms with E-state index >= 15 is 0 Å². The first kappa shape index (κ1) is 9.45. The van der Waals surface area contributed by atoms with Crippen molar-refractivity contribution in [3.05, 3.63) is 53.7 Å². The summed E-state index contributed by atoms with van der Waals surface area (Å²) >= 11 is 0. The zero-order valence-electron chi connectivity index (χ0n) is 8.01. The average molecular weight is 202 g/mol. The third kappa shape index (κ3) is 2.04. The fourth-order valence-electron chi connectivity index (χ4n) is 1.40. The summed E-state index contributed by atoms with van der Waals surface area (Å²) in [5.74, 6) is 0.266. The Kier molecular flexibility index (Phi) is 2.49. The molecule has 0 spiro atoms. The van der Waals surface area contributed by atoms with Crippen LogP contribution < -0.4 is 5.73 Å². The number of primary amides is 1. The number of amides is 1. The summed E-state index contributed by atoms with van der Waals surface area (Å²) in [7, 11) is 0. The predicted molar refractivity (Wildman–Crippen MR) is 54.3 cm³/mol. The maximum atomic E-state index is 11.1. The highest BCUT2D eigenvalue weighted by Gasteiger charge is 2.10. The van der Waals surface area contributed by atoms with Crippen molar-refractivity contribution in [2.45, 2.75) is 6.42 Å². The number of pyridine rings is 1. The van der Waals surface area contributed by atoms with Gasteiger partial charge in [0, 0.05) is 12.6 Å². The molecule has 0 saturated heterocycles. The van der Waals surface area contributed by atoms with Crippen molar-refractivity contribution in [2.75, 3.05) is 0 Å². The van der Waals surface area contributed by atoms with E-state index in [2.05, 4.69) is 4.98 Å². The average Bonchev–Trinajstić information content (AvgIpc) is 2.71. The third-order valence-electron chi connectivity index (χ3n) is 2.07. The molecule has 0 fully saturated rings. The minimum atomic E-state index is -0.517. The van der Waals surface area contributed by atoms with Gasteiger partial charge in [0.1, 0.15) is 11.5 Å². The van der Waals surface area contributed by atoms with Crippen molar-refractivity contribution in [2.24, 2.45) is 5.73 Å². The minimum Gasteiger partial charge on any atom is -0.469 e. The van der Waals surface area contributed by atoms with Gasteiger partial charge in [-0.2, -0.15) is 0 Å². The van der Waals surface area contributed by atoms with E-state index in [0.717, 1.165) is 11.3 Å². The van der Waals surface area contributed by atoms with Crippen LogP contribution in [0.2, 0.25) is 0 Å². The molecule has 1 amide bonds. The van der Waals surface area contributed by atoms with E-state index in [1.54, 1.807) is 24.6 Å². The molecular formula is C11H10N2O2. The highest BCUT2D eigenvalue weighted by atomic mass is 16.3. The van der Waals surface area contributed by atoms with Crippen LogP contribution in [0.3, 0.4) is 0 Å². The first-order chi connectivity index (χ1) is 7.27. The van der Waals surface area contributed by atoms with E-state index in [0.29, 0.717) is 12.1 Å². The lowest BCUT2D eigenvalue weighted by Gasteiger charge is -2.02. The van der Waals surface area contributed by atoms with Crippen LogP contribution in [0.15, 0.2) is 41.1 Å². The first-order valence-corrected chi connectivity index (χ1v) is 4.53. The number of nitrogens with two attached hydrogens (primary N) is 1. The summed E-state index contributed by atoms with van der Waals surface area (Å²) in [6.45, 7) is 0. The molecule has 2 aromatic heterocycles. The highest BCUT2D eigenvalue weighted by Crippen LogP contribution is 2.12. The molecule has 0 unspecified atom stereocenters. The van der Waals surface area contributed by atoms with Crippen molar-refractivity contribution < 1.29 is 9.21 Å². The maximum absolute atomic E-state index is 11.1. The molecule has 0 saturated carbocycles. The van der Waals surface area contributed by atoms with Gasteiger partial charge in [-0.15, -0.1) is 0 Å². The SMILES string of the molecule is NC(=O)c1ncccc1Cc1ccco1. The van der Waals surface area contributed by atoms with Gasteiger partial charge in [-0.3, -0.25) is 9.78 Å². The molecular weight excluding hydrogens is 192 g/mol. The number of furan rings is 1. The Morgan fingerprint density at radius 2 is 2.27 bits per heavy atom. The second-order valence-corrected chi connectivity index (χ2v) is 3.13. The Balaban J connectivity index is 2.32. The molecule has 2 heterocycles. The second kappa shape index (κ2) is 3.96. The van der Waals surface area contributed by atoms with Crippen molar-refractivity contribution in [3.8, 4) is 0 Å². The summed E-state index contributed by atoms with van der Waals surface area (Å²) in [6.07, 6.45) is 3.67. The fraction of sp³-hybridized carbons (Fsp3) is 0.0909. The van der Waals surface area contributed by atoms with E-state index in [1.807, 2.05) is 12.1 Å². The Bertz CT molecular complexity index is 463. The molecule has 0 aliphatic heterocycles. The molecule has 0 aliphatic carbocycles. The molecule has 15 heavy (non-hydrogen) atoms. The van der Waals surface area contributed by atoms with Gasteiger partial charge >= 0.3 is 0 Å². The van der Waals surface area contributed by atoms with Crippen LogP contribution in [-0.4, -0.2) is 10.9 Å². The molecule has 0 aromatic carbocycles. The topological polar surface area (TPSA) is 69.1 Å². The lowest BCUT2D eigenvalue weighted by Crippen LogP contribution is -2.15. The molecule has 0 bridgehead atoms. The van der Waals surface area contributed by atoms with Gasteiger partial charge in [0.05, 0.1) is 6.26 Å². The van der Waals surface area contributed by atoms with Crippen molar-refractivity contribution in [1.29, 1.82) is 0 Å². The van der Waals surface area contributed by atoms with E-state index in [9.17, 15) is 4.79 Å². The summed E-state index contributed by atoms with van der Waals surface area (Å²) in [5, 5.41) is 0. The van der Waals surface area contributed by atoms with Crippen LogP contribution in [0.1, 0.15) is 21.8 Å². The lowest BCUT2D eigenvalue weighted by atomic mass is 10.1. The van der Waals surface area contributed by atoms with Crippen LogP contribution in [0, 0.1) is 0 Å². The Morgan fingerprint density at radius 3 is 2.93 bits per heavy atom. The summed E-state index contributed by atoms with van der Waals surface area (Å²) in [5.41, 5.74) is 6.29. The number of hydrogen-bond donors (Lipinski definition) is 1. The van der Waals surface area contributed by atoms with Gasteiger partial charge in [-0.1, -0.05) is 6.07 Å². The van der Waals surface area contributed by atoms with E-state index < -0.39 is 5.91 Å². The molecule has 0 aliphatic rings. The molecule has 2 N–H and O–H groups in total. The molecule has 4 heteroatoms. The third-order valence-corrected chi connectivity index (χ3v) is 2.07. The van der Waals surface area contributed by atoms with E-state index in [4.69, 9.17) is 10.2 Å². The zero-order chi connectivity index (χ0) is 10.7. The molecule has 76 valence electrons. The number of aromatic nitrogens is 1. The standard InChI is InChI=1S/C11H10N2O2/c12-11(14)10-8(3-1-5-13-10)7-9-4-2-6-15-9/h1-6H,7H2,(H2,12,14). The zero-order valence-corrected chi connectivity index (χ0v) is 8.01. The molecule has 0 atom stereocenters. The smallest absolute Gasteiger partial charge is 0.267 e. The van der Waals surface area contributed by atoms with Gasteiger partial charge in [-0.05, 0) is 23.8 Å². The summed E-state index contributed by atoms with van der Waals surface area (Å²) in [6, 6.07) is 7.23. The van der Waals surface area contributed by atoms with Gasteiger partial charge in [-0.25, -0.2) is 0 Å². The molecule has 4 nitrogen and oxygen atoms in total. The van der Waals surface area contributed by atoms with Gasteiger partial charge in [0.25, 0.3) is 5.91 Å². The fourth-order valence-corrected chi connectivity index (χ4v) is 1.40. The van der Waals surface area contributed by atoms with Crippen molar-refractivity contribution in [1.82, 2.24) is 4.98 Å². The van der Waals surface area contributed by atoms with Gasteiger partial charge in [0.15, 0.2) is 0 Å². The first-order valence-electron chi connectivity index (χ1n) is 4.53. The normalized spacial score (nSPS) is 10.1. The monoisotopic (exact) mass is 202 g/mol. The van der Waals surface area contributed by atoms with Crippen LogP contribution in [0.25, 0.3) is 0 Å². The second-order valence-electron chi connectivity index (χ2n) is 3.13. The Labute approximate surface area is 86.7 Å². The predicted octanol–water partition coefficient (Wildman–Crippen LogP) is 1.36.